The monoisotopic (exact) mass is 354 g/mol. The average molecular weight is 355 g/mol. The van der Waals surface area contributed by atoms with Crippen molar-refractivity contribution in [3.63, 3.8) is 0 Å². The minimum atomic E-state index is 0.146. The maximum atomic E-state index is 9.64. The Kier molecular flexibility index (Phi) is 6.98. The lowest BCUT2D eigenvalue weighted by Gasteiger charge is -2.25. The Bertz CT molecular complexity index is 602. The third-order valence-electron chi connectivity index (χ3n) is 6.82. The normalized spacial score (nSPS) is 28.6. The fourth-order valence-electron chi connectivity index (χ4n) is 4.95. The van der Waals surface area contributed by atoms with Crippen molar-refractivity contribution in [1.29, 1.82) is 0 Å². The summed E-state index contributed by atoms with van der Waals surface area (Å²) in [5.41, 5.74) is 4.83. The molecular weight excluding hydrogens is 316 g/mol. The van der Waals surface area contributed by atoms with Gasteiger partial charge in [-0.05, 0) is 85.3 Å². The number of hydrogen-bond donors (Lipinski definition) is 1. The van der Waals surface area contributed by atoms with E-state index in [1.54, 1.807) is 11.1 Å². The fourth-order valence-corrected chi connectivity index (χ4v) is 4.95. The first-order valence-electron chi connectivity index (χ1n) is 11.0. The van der Waals surface area contributed by atoms with Gasteiger partial charge in [0.15, 0.2) is 0 Å². The fraction of sp³-hybridized carbons (Fsp3) is 0.680. The Hall–Kier alpha value is -1.08. The van der Waals surface area contributed by atoms with Gasteiger partial charge in [0.05, 0.1) is 0 Å². The van der Waals surface area contributed by atoms with Crippen LogP contribution in [0.3, 0.4) is 0 Å². The zero-order valence-corrected chi connectivity index (χ0v) is 17.0. The van der Waals surface area contributed by atoms with Gasteiger partial charge in [0.2, 0.25) is 0 Å². The number of allylic oxidation sites excluding steroid dienone is 2. The van der Waals surface area contributed by atoms with Crippen LogP contribution >= 0.6 is 0 Å². The zero-order chi connectivity index (χ0) is 18.4. The molecule has 1 saturated carbocycles. The number of unbranched alkanes of at least 4 members (excludes halogenated alkanes) is 4. The van der Waals surface area contributed by atoms with Crippen LogP contribution in [0.2, 0.25) is 0 Å². The van der Waals surface area contributed by atoms with Crippen molar-refractivity contribution in [2.75, 3.05) is 6.61 Å². The summed E-state index contributed by atoms with van der Waals surface area (Å²) in [6.45, 7) is 4.85. The van der Waals surface area contributed by atoms with Gasteiger partial charge < -0.3 is 5.11 Å². The Labute approximate surface area is 160 Å². The molecular formula is C25H38O. The second kappa shape index (κ2) is 9.22. The molecule has 1 aromatic carbocycles. The number of hydrogen-bond acceptors (Lipinski definition) is 1. The number of aliphatic hydroxyl groups excluding tert-OH is 1. The molecule has 0 bridgehead atoms. The van der Waals surface area contributed by atoms with Crippen molar-refractivity contribution in [1.82, 2.24) is 0 Å². The highest BCUT2D eigenvalue weighted by Crippen LogP contribution is 2.46. The first kappa shape index (κ1) is 19.7. The molecule has 1 nitrogen and oxygen atoms in total. The minimum Gasteiger partial charge on any atom is -0.396 e. The van der Waals surface area contributed by atoms with Gasteiger partial charge in [0.1, 0.15) is 0 Å². The minimum absolute atomic E-state index is 0.146. The van der Waals surface area contributed by atoms with E-state index in [2.05, 4.69) is 44.2 Å². The molecule has 0 aliphatic heterocycles. The number of benzene rings is 1. The van der Waals surface area contributed by atoms with Crippen molar-refractivity contribution in [2.24, 2.45) is 11.3 Å². The molecule has 1 N–H and O–H groups in total. The Morgan fingerprint density at radius 1 is 1.15 bits per heavy atom. The Morgan fingerprint density at radius 2 is 2.04 bits per heavy atom. The maximum absolute atomic E-state index is 9.64. The average Bonchev–Trinajstić information content (AvgIpc) is 3.07. The van der Waals surface area contributed by atoms with Crippen LogP contribution in [-0.2, 0) is 12.8 Å². The molecule has 1 heteroatoms. The smallest absolute Gasteiger partial charge is 0.0484 e. The molecule has 0 saturated heterocycles. The second-order valence-electron chi connectivity index (χ2n) is 9.22. The highest BCUT2D eigenvalue weighted by atomic mass is 16.3. The van der Waals surface area contributed by atoms with E-state index >= 15 is 0 Å². The lowest BCUT2D eigenvalue weighted by Crippen LogP contribution is -2.17. The molecule has 0 radical (unpaired) electrons. The summed E-state index contributed by atoms with van der Waals surface area (Å²) < 4.78 is 0. The summed E-state index contributed by atoms with van der Waals surface area (Å²) in [5, 5.41) is 9.64. The predicted octanol–water partition coefficient (Wildman–Crippen LogP) is 6.58. The van der Waals surface area contributed by atoms with Crippen molar-refractivity contribution >= 4 is 0 Å². The van der Waals surface area contributed by atoms with Crippen LogP contribution in [0, 0.1) is 11.3 Å². The van der Waals surface area contributed by atoms with Crippen LogP contribution in [0.5, 0.6) is 0 Å². The quantitative estimate of drug-likeness (QED) is 0.413. The third kappa shape index (κ3) is 5.00. The predicted molar refractivity (Wildman–Crippen MR) is 112 cm³/mol. The van der Waals surface area contributed by atoms with E-state index in [4.69, 9.17) is 0 Å². The molecule has 144 valence electrons. The number of fused-ring (bicyclic) bond motifs is 1. The van der Waals surface area contributed by atoms with Crippen LogP contribution in [0.1, 0.15) is 94.2 Å². The van der Waals surface area contributed by atoms with E-state index in [1.807, 2.05) is 0 Å². The van der Waals surface area contributed by atoms with Crippen molar-refractivity contribution in [3.8, 4) is 0 Å². The molecule has 0 aromatic heterocycles. The summed E-state index contributed by atoms with van der Waals surface area (Å²) in [5.74, 6) is 1.39. The molecule has 3 rings (SSSR count). The highest BCUT2D eigenvalue weighted by molar-refractivity contribution is 5.37. The maximum Gasteiger partial charge on any atom is 0.0484 e. The standard InChI is InChI=1S/C25H38O/c1-3-4-5-6-7-8-9-20-10-11-22-17-23(13-12-21(22)16-20)24-14-15-25(2,18-24)19-26/h8-9,12-13,17,20,24,26H,3-7,10-11,14-16,18-19H2,1-2H3/b9-8+/t20-,24+,25+/m1/s1. The number of aryl methyl sites for hydroxylation is 1. The lowest BCUT2D eigenvalue weighted by atomic mass is 9.81. The number of aliphatic hydroxyl groups is 1. The summed E-state index contributed by atoms with van der Waals surface area (Å²) in [6.07, 6.45) is 18.9. The van der Waals surface area contributed by atoms with Gasteiger partial charge in [-0.25, -0.2) is 0 Å². The molecule has 3 atom stereocenters. The lowest BCUT2D eigenvalue weighted by molar-refractivity contribution is 0.147. The van der Waals surface area contributed by atoms with Crippen LogP contribution in [0.15, 0.2) is 30.4 Å². The van der Waals surface area contributed by atoms with Crippen LogP contribution in [0.25, 0.3) is 0 Å². The van der Waals surface area contributed by atoms with Crippen molar-refractivity contribution in [2.45, 2.75) is 90.4 Å². The summed E-state index contributed by atoms with van der Waals surface area (Å²) in [4.78, 5) is 0. The molecule has 1 aromatic rings. The molecule has 0 unspecified atom stereocenters. The topological polar surface area (TPSA) is 20.2 Å². The van der Waals surface area contributed by atoms with Gasteiger partial charge in [0.25, 0.3) is 0 Å². The summed E-state index contributed by atoms with van der Waals surface area (Å²) >= 11 is 0. The van der Waals surface area contributed by atoms with Crippen molar-refractivity contribution < 1.29 is 5.11 Å². The van der Waals surface area contributed by atoms with Crippen LogP contribution < -0.4 is 0 Å². The van der Waals surface area contributed by atoms with E-state index in [9.17, 15) is 5.11 Å². The molecule has 0 spiro atoms. The molecule has 26 heavy (non-hydrogen) atoms. The van der Waals surface area contributed by atoms with Gasteiger partial charge in [-0.1, -0.05) is 63.5 Å². The first-order chi connectivity index (χ1) is 12.6. The third-order valence-corrected chi connectivity index (χ3v) is 6.82. The van der Waals surface area contributed by atoms with E-state index in [-0.39, 0.29) is 5.41 Å². The van der Waals surface area contributed by atoms with E-state index < -0.39 is 0 Å². The van der Waals surface area contributed by atoms with Gasteiger partial charge in [-0.2, -0.15) is 0 Å². The Morgan fingerprint density at radius 3 is 2.81 bits per heavy atom. The van der Waals surface area contributed by atoms with Crippen LogP contribution in [-0.4, -0.2) is 11.7 Å². The summed E-state index contributed by atoms with van der Waals surface area (Å²) in [7, 11) is 0. The molecule has 0 heterocycles. The highest BCUT2D eigenvalue weighted by Gasteiger charge is 2.35. The Balaban J connectivity index is 1.54. The molecule has 0 amide bonds. The molecule has 2 aliphatic rings. The van der Waals surface area contributed by atoms with Gasteiger partial charge in [0, 0.05) is 6.61 Å². The second-order valence-corrected chi connectivity index (χ2v) is 9.22. The van der Waals surface area contributed by atoms with Gasteiger partial charge in [-0.15, -0.1) is 0 Å². The van der Waals surface area contributed by atoms with E-state index in [0.29, 0.717) is 12.5 Å². The summed E-state index contributed by atoms with van der Waals surface area (Å²) in [6, 6.07) is 7.28. The zero-order valence-electron chi connectivity index (χ0n) is 17.0. The van der Waals surface area contributed by atoms with E-state index in [1.165, 1.54) is 63.4 Å². The largest absolute Gasteiger partial charge is 0.396 e. The number of rotatable bonds is 8. The van der Waals surface area contributed by atoms with Gasteiger partial charge >= 0.3 is 0 Å². The van der Waals surface area contributed by atoms with E-state index in [0.717, 1.165) is 18.8 Å². The molecule has 1 fully saturated rings. The first-order valence-corrected chi connectivity index (χ1v) is 11.0. The van der Waals surface area contributed by atoms with Crippen molar-refractivity contribution in [3.05, 3.63) is 47.0 Å². The molecule has 2 aliphatic carbocycles. The SMILES string of the molecule is CCCCCC/C=C/[C@@H]1CCc2cc([C@H]3CC[C@](C)(CO)C3)ccc2C1. The van der Waals surface area contributed by atoms with Crippen LogP contribution in [0.4, 0.5) is 0 Å². The van der Waals surface area contributed by atoms with Gasteiger partial charge in [-0.3, -0.25) is 0 Å².